The first-order valence-electron chi connectivity index (χ1n) is 7.16. The highest BCUT2D eigenvalue weighted by Gasteiger charge is 2.31. The average molecular weight is 240 g/mol. The van der Waals surface area contributed by atoms with Gasteiger partial charge < -0.3 is 10.6 Å². The zero-order chi connectivity index (χ0) is 12.7. The van der Waals surface area contributed by atoms with Crippen LogP contribution in [0.25, 0.3) is 0 Å². The highest BCUT2D eigenvalue weighted by Crippen LogP contribution is 2.28. The number of carbonyl (C=O) groups excluding carboxylic acids is 1. The molecule has 2 N–H and O–H groups in total. The molecule has 3 heteroatoms. The van der Waals surface area contributed by atoms with Crippen molar-refractivity contribution in [3.05, 3.63) is 0 Å². The Kier molecular flexibility index (Phi) is 6.56. The molecule has 2 unspecified atom stereocenters. The zero-order valence-corrected chi connectivity index (χ0v) is 11.5. The third-order valence-electron chi connectivity index (χ3n) is 4.06. The summed E-state index contributed by atoms with van der Waals surface area (Å²) in [4.78, 5) is 14.0. The maximum atomic E-state index is 12.0. The first-order chi connectivity index (χ1) is 8.20. The molecule has 0 bridgehead atoms. The topological polar surface area (TPSA) is 46.3 Å². The van der Waals surface area contributed by atoms with E-state index in [1.54, 1.807) is 0 Å². The van der Waals surface area contributed by atoms with E-state index in [4.69, 9.17) is 5.73 Å². The van der Waals surface area contributed by atoms with Gasteiger partial charge in [0.25, 0.3) is 0 Å². The van der Waals surface area contributed by atoms with Crippen molar-refractivity contribution in [1.29, 1.82) is 0 Å². The fraction of sp³-hybridized carbons (Fsp3) is 0.929. The van der Waals surface area contributed by atoms with Crippen LogP contribution in [0.15, 0.2) is 0 Å². The molecular formula is C14H28N2O. The lowest BCUT2D eigenvalue weighted by Crippen LogP contribution is -2.41. The first kappa shape index (κ1) is 14.5. The van der Waals surface area contributed by atoms with E-state index in [9.17, 15) is 4.79 Å². The van der Waals surface area contributed by atoms with Gasteiger partial charge in [-0.05, 0) is 31.7 Å². The molecule has 2 atom stereocenters. The van der Waals surface area contributed by atoms with Crippen molar-refractivity contribution in [3.63, 3.8) is 0 Å². The minimum Gasteiger partial charge on any atom is -0.342 e. The third-order valence-corrected chi connectivity index (χ3v) is 4.06. The van der Waals surface area contributed by atoms with Gasteiger partial charge in [-0.25, -0.2) is 0 Å². The van der Waals surface area contributed by atoms with Gasteiger partial charge in [0, 0.05) is 19.5 Å². The third kappa shape index (κ3) is 4.30. The summed E-state index contributed by atoms with van der Waals surface area (Å²) in [7, 11) is 1.96. The summed E-state index contributed by atoms with van der Waals surface area (Å²) < 4.78 is 0. The molecule has 100 valence electrons. The Morgan fingerprint density at radius 1 is 1.29 bits per heavy atom. The predicted molar refractivity (Wildman–Crippen MR) is 71.7 cm³/mol. The SMILES string of the molecule is CCCCCCC(=O)N(C)C1CCCC1CN. The van der Waals surface area contributed by atoms with Gasteiger partial charge in [-0.1, -0.05) is 32.6 Å². The molecule has 17 heavy (non-hydrogen) atoms. The van der Waals surface area contributed by atoms with Crippen LogP contribution >= 0.6 is 0 Å². The summed E-state index contributed by atoms with van der Waals surface area (Å²) >= 11 is 0. The molecule has 0 aromatic rings. The van der Waals surface area contributed by atoms with Crippen LogP contribution in [0.1, 0.15) is 58.3 Å². The van der Waals surface area contributed by atoms with Crippen molar-refractivity contribution in [2.75, 3.05) is 13.6 Å². The van der Waals surface area contributed by atoms with Gasteiger partial charge in [0.2, 0.25) is 5.91 Å². The maximum Gasteiger partial charge on any atom is 0.222 e. The molecule has 0 aromatic carbocycles. The monoisotopic (exact) mass is 240 g/mol. The zero-order valence-electron chi connectivity index (χ0n) is 11.5. The first-order valence-corrected chi connectivity index (χ1v) is 7.16. The molecule has 3 nitrogen and oxygen atoms in total. The molecule has 1 aliphatic carbocycles. The molecule has 0 aromatic heterocycles. The van der Waals surface area contributed by atoms with Gasteiger partial charge in [-0.3, -0.25) is 4.79 Å². The predicted octanol–water partition coefficient (Wildman–Crippen LogP) is 2.54. The van der Waals surface area contributed by atoms with Crippen LogP contribution in [0.4, 0.5) is 0 Å². The van der Waals surface area contributed by atoms with E-state index in [0.717, 1.165) is 19.4 Å². The lowest BCUT2D eigenvalue weighted by atomic mass is 10.0. The van der Waals surface area contributed by atoms with E-state index in [-0.39, 0.29) is 0 Å². The number of hydrogen-bond acceptors (Lipinski definition) is 2. The van der Waals surface area contributed by atoms with Crippen molar-refractivity contribution in [3.8, 4) is 0 Å². The minimum atomic E-state index is 0.312. The summed E-state index contributed by atoms with van der Waals surface area (Å²) in [5, 5.41) is 0. The van der Waals surface area contributed by atoms with Crippen LogP contribution in [0.2, 0.25) is 0 Å². The van der Waals surface area contributed by atoms with Gasteiger partial charge >= 0.3 is 0 Å². The Morgan fingerprint density at radius 3 is 2.71 bits per heavy atom. The normalized spacial score (nSPS) is 23.9. The molecule has 1 rings (SSSR count). The van der Waals surface area contributed by atoms with Crippen LogP contribution in [-0.2, 0) is 4.79 Å². The highest BCUT2D eigenvalue weighted by molar-refractivity contribution is 5.76. The molecule has 1 aliphatic rings. The van der Waals surface area contributed by atoms with Gasteiger partial charge in [0.05, 0.1) is 0 Å². The molecule has 0 heterocycles. The lowest BCUT2D eigenvalue weighted by molar-refractivity contribution is -0.132. The fourth-order valence-corrected chi connectivity index (χ4v) is 2.87. The quantitative estimate of drug-likeness (QED) is 0.695. The lowest BCUT2D eigenvalue weighted by Gasteiger charge is -2.29. The van der Waals surface area contributed by atoms with Gasteiger partial charge in [0.1, 0.15) is 0 Å². The standard InChI is InChI=1S/C14H28N2O/c1-3-4-5-6-10-14(17)16(2)13-9-7-8-12(13)11-15/h12-13H,3-11,15H2,1-2H3. The van der Waals surface area contributed by atoms with E-state index in [0.29, 0.717) is 24.3 Å². The number of nitrogens with two attached hydrogens (primary N) is 1. The smallest absolute Gasteiger partial charge is 0.222 e. The molecule has 1 amide bonds. The molecular weight excluding hydrogens is 212 g/mol. The Morgan fingerprint density at radius 2 is 2.06 bits per heavy atom. The van der Waals surface area contributed by atoms with Crippen molar-refractivity contribution in [2.45, 2.75) is 64.3 Å². The molecule has 1 saturated carbocycles. The number of amides is 1. The second-order valence-corrected chi connectivity index (χ2v) is 5.31. The Bertz CT molecular complexity index is 230. The molecule has 0 saturated heterocycles. The maximum absolute atomic E-state index is 12.0. The largest absolute Gasteiger partial charge is 0.342 e. The van der Waals surface area contributed by atoms with Crippen LogP contribution in [0.5, 0.6) is 0 Å². The summed E-state index contributed by atoms with van der Waals surface area (Å²) in [6, 6.07) is 0.402. The molecule has 1 fully saturated rings. The molecule has 0 spiro atoms. The van der Waals surface area contributed by atoms with Crippen molar-refractivity contribution < 1.29 is 4.79 Å². The van der Waals surface area contributed by atoms with Gasteiger partial charge in [-0.2, -0.15) is 0 Å². The number of rotatable bonds is 7. The molecule has 0 aliphatic heterocycles. The second kappa shape index (κ2) is 7.70. The minimum absolute atomic E-state index is 0.312. The summed E-state index contributed by atoms with van der Waals surface area (Å²) in [6.07, 6.45) is 8.95. The van der Waals surface area contributed by atoms with Crippen LogP contribution in [0.3, 0.4) is 0 Å². The Labute approximate surface area is 106 Å². The van der Waals surface area contributed by atoms with E-state index in [2.05, 4.69) is 6.92 Å². The Balaban J connectivity index is 2.30. The van der Waals surface area contributed by atoms with Crippen LogP contribution in [0, 0.1) is 5.92 Å². The summed E-state index contributed by atoms with van der Waals surface area (Å²) in [5.41, 5.74) is 5.76. The van der Waals surface area contributed by atoms with E-state index in [1.165, 1.54) is 32.1 Å². The Hall–Kier alpha value is -0.570. The fourth-order valence-electron chi connectivity index (χ4n) is 2.87. The van der Waals surface area contributed by atoms with Crippen LogP contribution < -0.4 is 5.73 Å². The van der Waals surface area contributed by atoms with Crippen LogP contribution in [-0.4, -0.2) is 30.4 Å². The van der Waals surface area contributed by atoms with Crippen molar-refractivity contribution in [2.24, 2.45) is 11.7 Å². The number of carbonyl (C=O) groups is 1. The summed E-state index contributed by atoms with van der Waals surface area (Å²) in [6.45, 7) is 2.91. The van der Waals surface area contributed by atoms with E-state index < -0.39 is 0 Å². The van der Waals surface area contributed by atoms with Gasteiger partial charge in [-0.15, -0.1) is 0 Å². The highest BCUT2D eigenvalue weighted by atomic mass is 16.2. The average Bonchev–Trinajstić information content (AvgIpc) is 2.81. The number of hydrogen-bond donors (Lipinski definition) is 1. The number of nitrogens with zero attached hydrogens (tertiary/aromatic N) is 1. The van der Waals surface area contributed by atoms with Crippen molar-refractivity contribution in [1.82, 2.24) is 4.90 Å². The molecule has 0 radical (unpaired) electrons. The van der Waals surface area contributed by atoms with Gasteiger partial charge in [0.15, 0.2) is 0 Å². The second-order valence-electron chi connectivity index (χ2n) is 5.31. The summed E-state index contributed by atoms with van der Waals surface area (Å²) in [5.74, 6) is 0.839. The van der Waals surface area contributed by atoms with E-state index >= 15 is 0 Å². The van der Waals surface area contributed by atoms with E-state index in [1.807, 2.05) is 11.9 Å². The van der Waals surface area contributed by atoms with Crippen molar-refractivity contribution >= 4 is 5.91 Å². The number of unbranched alkanes of at least 4 members (excludes halogenated alkanes) is 3.